The van der Waals surface area contributed by atoms with E-state index in [1.165, 1.54) is 5.56 Å². The van der Waals surface area contributed by atoms with Gasteiger partial charge in [-0.3, -0.25) is 0 Å². The molecule has 0 spiro atoms. The largest absolute Gasteiger partial charge is 0.392 e. The summed E-state index contributed by atoms with van der Waals surface area (Å²) in [6.07, 6.45) is 3.34. The van der Waals surface area contributed by atoms with Crippen molar-refractivity contribution in [2.75, 3.05) is 0 Å². The summed E-state index contributed by atoms with van der Waals surface area (Å²) in [5, 5.41) is 18.1. The van der Waals surface area contributed by atoms with Crippen LogP contribution in [0, 0.1) is 0 Å². The predicted octanol–water partition coefficient (Wildman–Crippen LogP) is 2.01. The summed E-state index contributed by atoms with van der Waals surface area (Å²) in [6.45, 7) is 2.25. The highest BCUT2D eigenvalue weighted by Gasteiger charge is 1.99. The van der Waals surface area contributed by atoms with Gasteiger partial charge in [0.25, 0.3) is 0 Å². The van der Waals surface area contributed by atoms with Crippen molar-refractivity contribution in [1.29, 1.82) is 0 Å². The zero-order valence-electron chi connectivity index (χ0n) is 8.66. The molecule has 0 aliphatic rings. The van der Waals surface area contributed by atoms with Crippen LogP contribution in [0.15, 0.2) is 18.2 Å². The molecular weight excluding hydrogens is 176 g/mol. The Kier molecular flexibility index (Phi) is 4.63. The lowest BCUT2D eigenvalue weighted by atomic mass is 10.0. The van der Waals surface area contributed by atoms with Crippen molar-refractivity contribution < 1.29 is 10.2 Å². The quantitative estimate of drug-likeness (QED) is 0.752. The average Bonchev–Trinajstić information content (AvgIpc) is 2.25. The third-order valence-corrected chi connectivity index (χ3v) is 2.30. The van der Waals surface area contributed by atoms with Gasteiger partial charge in [-0.15, -0.1) is 0 Å². The summed E-state index contributed by atoms with van der Waals surface area (Å²) < 4.78 is 0. The molecule has 1 rings (SSSR count). The lowest BCUT2D eigenvalue weighted by molar-refractivity contribution is 0.275. The van der Waals surface area contributed by atoms with Gasteiger partial charge in [0.2, 0.25) is 0 Å². The van der Waals surface area contributed by atoms with Crippen LogP contribution in [0.25, 0.3) is 0 Å². The number of aliphatic hydroxyl groups excluding tert-OH is 2. The van der Waals surface area contributed by atoms with Crippen molar-refractivity contribution in [2.45, 2.75) is 39.4 Å². The minimum atomic E-state index is 0.0486. The molecule has 78 valence electrons. The van der Waals surface area contributed by atoms with Gasteiger partial charge in [-0.1, -0.05) is 31.5 Å². The molecule has 2 N–H and O–H groups in total. The van der Waals surface area contributed by atoms with E-state index in [2.05, 4.69) is 6.92 Å². The summed E-state index contributed by atoms with van der Waals surface area (Å²) in [7, 11) is 0. The summed E-state index contributed by atoms with van der Waals surface area (Å²) in [5.41, 5.74) is 2.99. The van der Waals surface area contributed by atoms with Gasteiger partial charge in [0.05, 0.1) is 13.2 Å². The smallest absolute Gasteiger partial charge is 0.0682 e. The van der Waals surface area contributed by atoms with E-state index in [0.717, 1.165) is 30.4 Å². The first kappa shape index (κ1) is 11.2. The van der Waals surface area contributed by atoms with E-state index in [0.29, 0.717) is 0 Å². The lowest BCUT2D eigenvalue weighted by Crippen LogP contribution is -1.94. The fraction of sp³-hybridized carbons (Fsp3) is 0.500. The lowest BCUT2D eigenvalue weighted by Gasteiger charge is -2.06. The Hall–Kier alpha value is -0.860. The zero-order chi connectivity index (χ0) is 10.4. The van der Waals surface area contributed by atoms with Gasteiger partial charge >= 0.3 is 0 Å². The van der Waals surface area contributed by atoms with Crippen LogP contribution in [0.1, 0.15) is 36.5 Å². The van der Waals surface area contributed by atoms with Gasteiger partial charge in [-0.2, -0.15) is 0 Å². The third-order valence-electron chi connectivity index (χ3n) is 2.30. The Morgan fingerprint density at radius 2 is 1.43 bits per heavy atom. The fourth-order valence-electron chi connectivity index (χ4n) is 1.55. The van der Waals surface area contributed by atoms with E-state index in [9.17, 15) is 0 Å². The Bertz CT molecular complexity index is 259. The second-order valence-corrected chi connectivity index (χ2v) is 3.58. The molecule has 0 aromatic heterocycles. The normalized spacial score (nSPS) is 10.5. The van der Waals surface area contributed by atoms with Crippen molar-refractivity contribution in [3.63, 3.8) is 0 Å². The molecule has 0 heterocycles. The standard InChI is InChI=1S/C12H18O2/c1-2-3-4-10-5-11(8-13)7-12(6-10)9-14/h5-7,13-14H,2-4,8-9H2,1H3. The first-order valence-corrected chi connectivity index (χ1v) is 5.13. The molecule has 0 fully saturated rings. The van der Waals surface area contributed by atoms with Crippen molar-refractivity contribution in [3.05, 3.63) is 34.9 Å². The molecule has 1 aromatic rings. The van der Waals surface area contributed by atoms with Crippen molar-refractivity contribution in [3.8, 4) is 0 Å². The summed E-state index contributed by atoms with van der Waals surface area (Å²) in [4.78, 5) is 0. The van der Waals surface area contributed by atoms with Crippen molar-refractivity contribution >= 4 is 0 Å². The maximum atomic E-state index is 9.03. The molecule has 0 bridgehead atoms. The van der Waals surface area contributed by atoms with Crippen LogP contribution in [-0.2, 0) is 19.6 Å². The summed E-state index contributed by atoms with van der Waals surface area (Å²) in [6, 6.07) is 5.86. The molecule has 2 nitrogen and oxygen atoms in total. The molecule has 0 aliphatic heterocycles. The molecule has 14 heavy (non-hydrogen) atoms. The van der Waals surface area contributed by atoms with Gasteiger partial charge in [0.1, 0.15) is 0 Å². The van der Waals surface area contributed by atoms with Crippen LogP contribution in [0.2, 0.25) is 0 Å². The Morgan fingerprint density at radius 1 is 0.929 bits per heavy atom. The van der Waals surface area contributed by atoms with E-state index >= 15 is 0 Å². The van der Waals surface area contributed by atoms with Crippen LogP contribution < -0.4 is 0 Å². The predicted molar refractivity (Wildman–Crippen MR) is 56.9 cm³/mol. The third kappa shape index (κ3) is 3.13. The minimum absolute atomic E-state index is 0.0486. The number of hydrogen-bond donors (Lipinski definition) is 2. The SMILES string of the molecule is CCCCc1cc(CO)cc(CO)c1. The molecule has 0 unspecified atom stereocenters. The molecule has 0 aliphatic carbocycles. The van der Waals surface area contributed by atoms with Crippen LogP contribution in [0.5, 0.6) is 0 Å². The van der Waals surface area contributed by atoms with Gasteiger partial charge < -0.3 is 10.2 Å². The second-order valence-electron chi connectivity index (χ2n) is 3.58. The Balaban J connectivity index is 2.81. The summed E-state index contributed by atoms with van der Waals surface area (Å²) in [5.74, 6) is 0. The van der Waals surface area contributed by atoms with Crippen molar-refractivity contribution in [1.82, 2.24) is 0 Å². The van der Waals surface area contributed by atoms with E-state index < -0.39 is 0 Å². The first-order valence-electron chi connectivity index (χ1n) is 5.13. The van der Waals surface area contributed by atoms with E-state index in [-0.39, 0.29) is 13.2 Å². The second kappa shape index (κ2) is 5.78. The number of unbranched alkanes of at least 4 members (excludes halogenated alkanes) is 1. The van der Waals surface area contributed by atoms with Crippen LogP contribution in [-0.4, -0.2) is 10.2 Å². The van der Waals surface area contributed by atoms with Gasteiger partial charge in [-0.25, -0.2) is 0 Å². The van der Waals surface area contributed by atoms with Crippen LogP contribution in [0.4, 0.5) is 0 Å². The van der Waals surface area contributed by atoms with E-state index in [1.807, 2.05) is 18.2 Å². The minimum Gasteiger partial charge on any atom is -0.392 e. The summed E-state index contributed by atoms with van der Waals surface area (Å²) >= 11 is 0. The molecule has 0 saturated carbocycles. The topological polar surface area (TPSA) is 40.5 Å². The molecular formula is C12H18O2. The monoisotopic (exact) mass is 194 g/mol. The van der Waals surface area contributed by atoms with E-state index in [4.69, 9.17) is 10.2 Å². The van der Waals surface area contributed by atoms with Gasteiger partial charge in [0, 0.05) is 0 Å². The Labute approximate surface area is 85.2 Å². The number of rotatable bonds is 5. The molecule has 2 heteroatoms. The number of benzene rings is 1. The number of hydrogen-bond acceptors (Lipinski definition) is 2. The highest BCUT2D eigenvalue weighted by Crippen LogP contribution is 2.13. The highest BCUT2D eigenvalue weighted by atomic mass is 16.3. The molecule has 0 amide bonds. The highest BCUT2D eigenvalue weighted by molar-refractivity contribution is 5.29. The molecule has 0 atom stereocenters. The van der Waals surface area contributed by atoms with Crippen LogP contribution in [0.3, 0.4) is 0 Å². The fourth-order valence-corrected chi connectivity index (χ4v) is 1.55. The molecule has 0 radical (unpaired) electrons. The Morgan fingerprint density at radius 3 is 1.86 bits per heavy atom. The van der Waals surface area contributed by atoms with Crippen LogP contribution >= 0.6 is 0 Å². The maximum Gasteiger partial charge on any atom is 0.0682 e. The molecule has 0 saturated heterocycles. The molecule has 1 aromatic carbocycles. The average molecular weight is 194 g/mol. The number of aliphatic hydroxyl groups is 2. The first-order chi connectivity index (χ1) is 6.80. The van der Waals surface area contributed by atoms with Gasteiger partial charge in [0.15, 0.2) is 0 Å². The maximum absolute atomic E-state index is 9.03. The number of aryl methyl sites for hydroxylation is 1. The zero-order valence-corrected chi connectivity index (χ0v) is 8.66. The van der Waals surface area contributed by atoms with E-state index in [1.54, 1.807) is 0 Å². The van der Waals surface area contributed by atoms with Crippen molar-refractivity contribution in [2.24, 2.45) is 0 Å². The van der Waals surface area contributed by atoms with Gasteiger partial charge in [-0.05, 0) is 29.5 Å².